The molecule has 7 nitrogen and oxygen atoms in total. The van der Waals surface area contributed by atoms with Crippen LogP contribution in [0.5, 0.6) is 0 Å². The SMILES string of the molecule is COC(=O)c1c(NC(=O)CSc2nnc(C(C)C)n2C)sc2c1CCCC2. The van der Waals surface area contributed by atoms with Gasteiger partial charge in [-0.15, -0.1) is 21.5 Å². The minimum atomic E-state index is -0.382. The minimum Gasteiger partial charge on any atom is -0.465 e. The highest BCUT2D eigenvalue weighted by Crippen LogP contribution is 2.38. The van der Waals surface area contributed by atoms with E-state index in [1.165, 1.54) is 35.1 Å². The molecule has 0 atom stereocenters. The fraction of sp³-hybridized carbons (Fsp3) is 0.556. The first kappa shape index (κ1) is 19.9. The smallest absolute Gasteiger partial charge is 0.341 e. The largest absolute Gasteiger partial charge is 0.465 e. The number of nitrogens with one attached hydrogen (secondary N) is 1. The molecular formula is C18H24N4O3S2. The maximum absolute atomic E-state index is 12.5. The molecule has 2 aromatic rings. The van der Waals surface area contributed by atoms with Gasteiger partial charge >= 0.3 is 5.97 Å². The van der Waals surface area contributed by atoms with Crippen LogP contribution in [0.25, 0.3) is 0 Å². The van der Waals surface area contributed by atoms with E-state index in [0.717, 1.165) is 37.1 Å². The summed E-state index contributed by atoms with van der Waals surface area (Å²) in [5, 5.41) is 12.5. The van der Waals surface area contributed by atoms with E-state index in [4.69, 9.17) is 4.74 Å². The Morgan fingerprint density at radius 2 is 2.04 bits per heavy atom. The number of amides is 1. The monoisotopic (exact) mass is 408 g/mol. The Balaban J connectivity index is 1.71. The van der Waals surface area contributed by atoms with Gasteiger partial charge < -0.3 is 14.6 Å². The van der Waals surface area contributed by atoms with Gasteiger partial charge in [0.05, 0.1) is 18.4 Å². The molecule has 0 saturated heterocycles. The molecule has 1 aliphatic rings. The summed E-state index contributed by atoms with van der Waals surface area (Å²) < 4.78 is 6.85. The molecule has 27 heavy (non-hydrogen) atoms. The zero-order valence-corrected chi connectivity index (χ0v) is 17.6. The molecule has 0 fully saturated rings. The van der Waals surface area contributed by atoms with Crippen LogP contribution in [-0.2, 0) is 29.4 Å². The number of methoxy groups -OCH3 is 1. The standard InChI is InChI=1S/C18H24N4O3S2/c1-10(2)15-20-21-18(22(15)3)26-9-13(23)19-16-14(17(24)25-4)11-7-5-6-8-12(11)27-16/h10H,5-9H2,1-4H3,(H,19,23). The van der Waals surface area contributed by atoms with Crippen LogP contribution in [0.3, 0.4) is 0 Å². The van der Waals surface area contributed by atoms with Crippen molar-refractivity contribution in [3.8, 4) is 0 Å². The third kappa shape index (κ3) is 4.19. The third-order valence-electron chi connectivity index (χ3n) is 4.53. The Kier molecular flexibility index (Phi) is 6.21. The average molecular weight is 409 g/mol. The fourth-order valence-corrected chi connectivity index (χ4v) is 5.23. The highest BCUT2D eigenvalue weighted by atomic mass is 32.2. The van der Waals surface area contributed by atoms with E-state index in [-0.39, 0.29) is 23.5 Å². The predicted molar refractivity (Wildman–Crippen MR) is 107 cm³/mol. The summed E-state index contributed by atoms with van der Waals surface area (Å²) in [6.45, 7) is 4.11. The lowest BCUT2D eigenvalue weighted by atomic mass is 9.95. The Morgan fingerprint density at radius 1 is 1.30 bits per heavy atom. The van der Waals surface area contributed by atoms with Crippen LogP contribution in [0, 0.1) is 0 Å². The van der Waals surface area contributed by atoms with Gasteiger partial charge in [0, 0.05) is 17.8 Å². The van der Waals surface area contributed by atoms with Gasteiger partial charge in [-0.05, 0) is 31.2 Å². The number of carbonyl (C=O) groups is 2. The molecule has 0 saturated carbocycles. The maximum atomic E-state index is 12.5. The number of anilines is 1. The van der Waals surface area contributed by atoms with Crippen molar-refractivity contribution in [2.24, 2.45) is 7.05 Å². The molecule has 1 N–H and O–H groups in total. The lowest BCUT2D eigenvalue weighted by molar-refractivity contribution is -0.113. The van der Waals surface area contributed by atoms with Gasteiger partial charge in [-0.1, -0.05) is 25.6 Å². The van der Waals surface area contributed by atoms with Crippen molar-refractivity contribution in [2.75, 3.05) is 18.2 Å². The second kappa shape index (κ2) is 8.43. The molecule has 0 aromatic carbocycles. The van der Waals surface area contributed by atoms with Gasteiger partial charge in [-0.2, -0.15) is 0 Å². The van der Waals surface area contributed by atoms with E-state index in [1.54, 1.807) is 0 Å². The lowest BCUT2D eigenvalue weighted by Gasteiger charge is -2.11. The molecular weight excluding hydrogens is 384 g/mol. The summed E-state index contributed by atoms with van der Waals surface area (Å²) in [7, 11) is 3.27. The van der Waals surface area contributed by atoms with Gasteiger partial charge in [0.15, 0.2) is 5.16 Å². The van der Waals surface area contributed by atoms with Crippen molar-refractivity contribution in [3.63, 3.8) is 0 Å². The van der Waals surface area contributed by atoms with Crippen LogP contribution in [0.2, 0.25) is 0 Å². The van der Waals surface area contributed by atoms with Crippen molar-refractivity contribution < 1.29 is 14.3 Å². The summed E-state index contributed by atoms with van der Waals surface area (Å²) in [5.74, 6) is 0.806. The van der Waals surface area contributed by atoms with E-state index < -0.39 is 0 Å². The summed E-state index contributed by atoms with van der Waals surface area (Å²) >= 11 is 2.82. The third-order valence-corrected chi connectivity index (χ3v) is 6.76. The molecule has 3 rings (SSSR count). The van der Waals surface area contributed by atoms with Gasteiger partial charge in [0.25, 0.3) is 0 Å². The quantitative estimate of drug-likeness (QED) is 0.582. The summed E-state index contributed by atoms with van der Waals surface area (Å²) in [4.78, 5) is 25.9. The zero-order valence-electron chi connectivity index (χ0n) is 16.0. The van der Waals surface area contributed by atoms with E-state index in [0.29, 0.717) is 15.7 Å². The van der Waals surface area contributed by atoms with Crippen LogP contribution in [-0.4, -0.2) is 39.5 Å². The Morgan fingerprint density at radius 3 is 2.70 bits per heavy atom. The topological polar surface area (TPSA) is 86.1 Å². The van der Waals surface area contributed by atoms with E-state index in [9.17, 15) is 9.59 Å². The summed E-state index contributed by atoms with van der Waals surface area (Å²) in [6, 6.07) is 0. The van der Waals surface area contributed by atoms with Crippen molar-refractivity contribution in [1.29, 1.82) is 0 Å². The predicted octanol–water partition coefficient (Wildman–Crippen LogP) is 3.40. The zero-order chi connectivity index (χ0) is 19.6. The van der Waals surface area contributed by atoms with Gasteiger partial charge in [0.1, 0.15) is 10.8 Å². The number of carbonyl (C=O) groups excluding carboxylic acids is 2. The van der Waals surface area contributed by atoms with Crippen LogP contribution >= 0.6 is 23.1 Å². The number of aromatic nitrogens is 3. The van der Waals surface area contributed by atoms with E-state index in [2.05, 4.69) is 29.4 Å². The number of thiophene rings is 1. The first-order valence-electron chi connectivity index (χ1n) is 8.97. The molecule has 9 heteroatoms. The lowest BCUT2D eigenvalue weighted by Crippen LogP contribution is -2.17. The summed E-state index contributed by atoms with van der Waals surface area (Å²) in [5.41, 5.74) is 1.56. The average Bonchev–Trinajstić information content (AvgIpc) is 3.19. The number of rotatable bonds is 6. The number of aryl methyl sites for hydroxylation is 1. The minimum absolute atomic E-state index is 0.169. The van der Waals surface area contributed by atoms with Gasteiger partial charge in [-0.3, -0.25) is 4.79 Å². The molecule has 1 aliphatic carbocycles. The van der Waals surface area contributed by atoms with Gasteiger partial charge in [-0.25, -0.2) is 4.79 Å². The number of fused-ring (bicyclic) bond motifs is 1. The first-order valence-corrected chi connectivity index (χ1v) is 10.8. The normalized spacial score (nSPS) is 13.5. The highest BCUT2D eigenvalue weighted by Gasteiger charge is 2.27. The second-order valence-electron chi connectivity index (χ2n) is 6.80. The van der Waals surface area contributed by atoms with Crippen LogP contribution in [0.1, 0.15) is 59.2 Å². The number of hydrogen-bond donors (Lipinski definition) is 1. The molecule has 0 spiro atoms. The molecule has 2 aromatic heterocycles. The fourth-order valence-electron chi connectivity index (χ4n) is 3.22. The van der Waals surface area contributed by atoms with Crippen LogP contribution in [0.15, 0.2) is 5.16 Å². The van der Waals surface area contributed by atoms with Crippen LogP contribution < -0.4 is 5.32 Å². The highest BCUT2D eigenvalue weighted by molar-refractivity contribution is 7.99. The first-order chi connectivity index (χ1) is 12.9. The Labute approximate surface area is 166 Å². The van der Waals surface area contributed by atoms with Crippen molar-refractivity contribution in [1.82, 2.24) is 14.8 Å². The van der Waals surface area contributed by atoms with Crippen molar-refractivity contribution >= 4 is 40.0 Å². The second-order valence-corrected chi connectivity index (χ2v) is 8.85. The molecule has 0 aliphatic heterocycles. The Hall–Kier alpha value is -1.87. The number of esters is 1. The van der Waals surface area contributed by atoms with Crippen molar-refractivity contribution in [2.45, 2.75) is 50.6 Å². The molecule has 1 amide bonds. The van der Waals surface area contributed by atoms with E-state index >= 15 is 0 Å². The maximum Gasteiger partial charge on any atom is 0.341 e. The molecule has 0 radical (unpaired) electrons. The molecule has 2 heterocycles. The van der Waals surface area contributed by atoms with Crippen molar-refractivity contribution in [3.05, 3.63) is 21.8 Å². The molecule has 146 valence electrons. The number of hydrogen-bond acceptors (Lipinski definition) is 7. The number of thioether (sulfide) groups is 1. The molecule has 0 bridgehead atoms. The summed E-state index contributed by atoms with van der Waals surface area (Å²) in [6.07, 6.45) is 3.98. The van der Waals surface area contributed by atoms with Gasteiger partial charge in [0.2, 0.25) is 5.91 Å². The molecule has 0 unspecified atom stereocenters. The number of nitrogens with zero attached hydrogens (tertiary/aromatic N) is 3. The number of ether oxygens (including phenoxy) is 1. The van der Waals surface area contributed by atoms with Crippen LogP contribution in [0.4, 0.5) is 5.00 Å². The Bertz CT molecular complexity index is 857. The van der Waals surface area contributed by atoms with E-state index in [1.807, 2.05) is 11.6 Å².